The van der Waals surface area contributed by atoms with Gasteiger partial charge in [0.25, 0.3) is 11.5 Å². The van der Waals surface area contributed by atoms with Crippen LogP contribution in [0, 0.1) is 0 Å². The zero-order valence-corrected chi connectivity index (χ0v) is 24.0. The van der Waals surface area contributed by atoms with Crippen LogP contribution in [0.15, 0.2) is 64.3 Å². The van der Waals surface area contributed by atoms with Crippen LogP contribution in [-0.4, -0.2) is 45.0 Å². The summed E-state index contributed by atoms with van der Waals surface area (Å²) in [5.41, 5.74) is 7.22. The lowest BCUT2D eigenvalue weighted by Gasteiger charge is -2.15. The molecule has 0 spiro atoms. The van der Waals surface area contributed by atoms with Crippen molar-refractivity contribution in [2.45, 2.75) is 12.8 Å². The summed E-state index contributed by atoms with van der Waals surface area (Å²) >= 11 is 13.6. The molecule has 5 N–H and O–H groups in total. The van der Waals surface area contributed by atoms with Crippen LogP contribution in [0.2, 0.25) is 10.0 Å². The molecule has 0 saturated carbocycles. The second kappa shape index (κ2) is 12.7. The van der Waals surface area contributed by atoms with Gasteiger partial charge >= 0.3 is 5.69 Å². The number of halogens is 2. The molecule has 0 saturated heterocycles. The maximum atomic E-state index is 13.0. The summed E-state index contributed by atoms with van der Waals surface area (Å²) in [7, 11) is 4.26. The number of amides is 1. The van der Waals surface area contributed by atoms with Gasteiger partial charge in [0.05, 0.1) is 28.5 Å². The zero-order valence-electron chi connectivity index (χ0n) is 22.4. The van der Waals surface area contributed by atoms with Crippen molar-refractivity contribution in [1.29, 1.82) is 0 Å². The fraction of sp³-hybridized carbons (Fsp3) is 0.214. The lowest BCUT2D eigenvalue weighted by molar-refractivity contribution is 0.102. The monoisotopic (exact) mass is 598 g/mol. The quantitative estimate of drug-likeness (QED) is 0.214. The molecule has 2 aromatic carbocycles. The fourth-order valence-corrected chi connectivity index (χ4v) is 4.81. The number of aliphatic hydroxyl groups excluding tert-OH is 1. The summed E-state index contributed by atoms with van der Waals surface area (Å²) < 4.78 is 7.47. The molecule has 0 aliphatic rings. The number of carbonyl (C=O) groups is 1. The first-order valence-electron chi connectivity index (χ1n) is 12.4. The molecule has 4 rings (SSSR count). The van der Waals surface area contributed by atoms with Gasteiger partial charge in [0.2, 0.25) is 5.88 Å². The highest BCUT2D eigenvalue weighted by atomic mass is 35.5. The first-order chi connectivity index (χ1) is 19.5. The number of hydrogen-bond acceptors (Lipinski definition) is 8. The van der Waals surface area contributed by atoms with E-state index in [2.05, 4.69) is 15.6 Å². The van der Waals surface area contributed by atoms with Gasteiger partial charge in [-0.2, -0.15) is 0 Å². The van der Waals surface area contributed by atoms with Crippen molar-refractivity contribution in [2.24, 2.45) is 19.8 Å². The number of carbonyl (C=O) groups excluding carboxylic acids is 1. The number of nitrogens with two attached hydrogens (primary N) is 1. The number of anilines is 1. The van der Waals surface area contributed by atoms with E-state index >= 15 is 0 Å². The Kier molecular flexibility index (Phi) is 9.26. The van der Waals surface area contributed by atoms with E-state index in [4.69, 9.17) is 33.7 Å². The van der Waals surface area contributed by atoms with Crippen LogP contribution >= 0.6 is 23.2 Å². The largest absolute Gasteiger partial charge is 0.481 e. The summed E-state index contributed by atoms with van der Waals surface area (Å²) in [4.78, 5) is 42.1. The molecule has 0 fully saturated rings. The third kappa shape index (κ3) is 6.34. The van der Waals surface area contributed by atoms with Gasteiger partial charge in [0, 0.05) is 55.6 Å². The highest BCUT2D eigenvalue weighted by Crippen LogP contribution is 2.41. The van der Waals surface area contributed by atoms with Crippen molar-refractivity contribution in [3.8, 4) is 28.3 Å². The average Bonchev–Trinajstić information content (AvgIpc) is 2.95. The van der Waals surface area contributed by atoms with E-state index in [1.807, 2.05) is 12.1 Å². The van der Waals surface area contributed by atoms with Gasteiger partial charge in [0.15, 0.2) is 0 Å². The molecule has 0 aliphatic heterocycles. The number of nitrogens with zero attached hydrogens (tertiary/aromatic N) is 3. The van der Waals surface area contributed by atoms with Gasteiger partial charge in [0.1, 0.15) is 11.8 Å². The van der Waals surface area contributed by atoms with Crippen LogP contribution in [0.1, 0.15) is 15.9 Å². The molecule has 2 heterocycles. The van der Waals surface area contributed by atoms with Crippen molar-refractivity contribution >= 4 is 34.8 Å². The molecule has 13 heteroatoms. The molecule has 0 aliphatic carbocycles. The number of ether oxygens (including phenoxy) is 1. The van der Waals surface area contributed by atoms with Gasteiger partial charge in [-0.15, -0.1) is 0 Å². The maximum absolute atomic E-state index is 13.0. The zero-order chi connectivity index (χ0) is 29.8. The van der Waals surface area contributed by atoms with Gasteiger partial charge < -0.3 is 30.8 Å². The van der Waals surface area contributed by atoms with E-state index in [0.717, 1.165) is 14.7 Å². The Morgan fingerprint density at radius 2 is 1.71 bits per heavy atom. The molecule has 0 radical (unpaired) electrons. The lowest BCUT2D eigenvalue weighted by Crippen LogP contribution is -2.40. The number of benzene rings is 2. The Hall–Kier alpha value is -4.00. The highest BCUT2D eigenvalue weighted by molar-refractivity contribution is 6.39. The van der Waals surface area contributed by atoms with E-state index < -0.39 is 23.4 Å². The van der Waals surface area contributed by atoms with Crippen molar-refractivity contribution < 1.29 is 14.6 Å². The molecule has 11 nitrogen and oxygen atoms in total. The van der Waals surface area contributed by atoms with Crippen molar-refractivity contribution in [2.75, 3.05) is 19.0 Å². The molecule has 0 unspecified atom stereocenters. The molecule has 41 heavy (non-hydrogen) atoms. The molecular formula is C28H28Cl2N6O5. The third-order valence-corrected chi connectivity index (χ3v) is 7.12. The summed E-state index contributed by atoms with van der Waals surface area (Å²) in [6.07, 6.45) is 0.205. The topological polar surface area (TPSA) is 154 Å². The number of rotatable bonds is 9. The Morgan fingerprint density at radius 1 is 1.05 bits per heavy atom. The van der Waals surface area contributed by atoms with E-state index in [1.54, 1.807) is 36.4 Å². The number of pyridine rings is 1. The molecular weight excluding hydrogens is 571 g/mol. The summed E-state index contributed by atoms with van der Waals surface area (Å²) in [6.45, 7) is 0.596. The summed E-state index contributed by atoms with van der Waals surface area (Å²) in [5.74, 6) is -0.331. The van der Waals surface area contributed by atoms with E-state index in [9.17, 15) is 19.5 Å². The van der Waals surface area contributed by atoms with Crippen LogP contribution in [0.4, 0.5) is 5.69 Å². The molecule has 214 valence electrons. The Labute approximate surface area is 245 Å². The number of hydrogen-bond donors (Lipinski definition) is 4. The van der Waals surface area contributed by atoms with E-state index in [-0.39, 0.29) is 22.8 Å². The predicted molar refractivity (Wildman–Crippen MR) is 158 cm³/mol. The van der Waals surface area contributed by atoms with Gasteiger partial charge in [-0.05, 0) is 12.1 Å². The first kappa shape index (κ1) is 30.0. The fourth-order valence-electron chi connectivity index (χ4n) is 4.21. The first-order valence-corrected chi connectivity index (χ1v) is 13.1. The smallest absolute Gasteiger partial charge is 0.330 e. The minimum atomic E-state index is -0.977. The van der Waals surface area contributed by atoms with Crippen LogP contribution < -0.4 is 32.4 Å². The normalized spacial score (nSPS) is 11.8. The minimum absolute atomic E-state index is 0.204. The minimum Gasteiger partial charge on any atom is -0.481 e. The second-order valence-electron chi connectivity index (χ2n) is 9.15. The maximum Gasteiger partial charge on any atom is 0.330 e. The van der Waals surface area contributed by atoms with E-state index in [1.165, 1.54) is 27.4 Å². The van der Waals surface area contributed by atoms with E-state index in [0.29, 0.717) is 39.8 Å². The molecule has 1 amide bonds. The van der Waals surface area contributed by atoms with Crippen LogP contribution in [-0.2, 0) is 20.6 Å². The molecule has 1 atom stereocenters. The van der Waals surface area contributed by atoms with Crippen LogP contribution in [0.3, 0.4) is 0 Å². The van der Waals surface area contributed by atoms with Crippen molar-refractivity contribution in [1.82, 2.24) is 19.4 Å². The van der Waals surface area contributed by atoms with Gasteiger partial charge in [-0.3, -0.25) is 14.2 Å². The standard InChI is InChI=1S/C28H28Cl2N6O5/c1-35-14-19(27(39)36(2)28(35)40)25(38)33-21-9-5-7-17(24(21)30)16-6-4-8-18(23(16)29)20-11-10-15(26(34-20)41-3)12-32-13-22(31)37/h4-11,14,22,32,37H,12-13,31H2,1-3H3,(H,33,38)/t22-/m0/s1. The summed E-state index contributed by atoms with van der Waals surface area (Å²) in [6, 6.07) is 14.1. The molecule has 2 aromatic heterocycles. The number of aromatic nitrogens is 3. The van der Waals surface area contributed by atoms with Crippen LogP contribution in [0.5, 0.6) is 5.88 Å². The average molecular weight is 599 g/mol. The Morgan fingerprint density at radius 3 is 2.39 bits per heavy atom. The molecule has 4 aromatic rings. The lowest BCUT2D eigenvalue weighted by atomic mass is 10.00. The predicted octanol–water partition coefficient (Wildman–Crippen LogP) is 2.75. The number of methoxy groups -OCH3 is 1. The van der Waals surface area contributed by atoms with Gasteiger partial charge in [-0.25, -0.2) is 9.78 Å². The second-order valence-corrected chi connectivity index (χ2v) is 9.91. The molecule has 0 bridgehead atoms. The highest BCUT2D eigenvalue weighted by Gasteiger charge is 2.19. The third-order valence-electron chi connectivity index (χ3n) is 6.30. The summed E-state index contributed by atoms with van der Waals surface area (Å²) in [5, 5.41) is 15.5. The van der Waals surface area contributed by atoms with Gasteiger partial charge in [-0.1, -0.05) is 59.6 Å². The number of nitrogens with one attached hydrogen (secondary N) is 2. The number of aliphatic hydroxyl groups is 1. The SMILES string of the molecule is COc1nc(-c2cccc(-c3cccc(NC(=O)c4cn(C)c(=O)n(C)c4=O)c3Cl)c2Cl)ccc1CNC[C@@H](N)O. The Bertz CT molecular complexity index is 1730. The van der Waals surface area contributed by atoms with Crippen LogP contribution in [0.25, 0.3) is 22.4 Å². The van der Waals surface area contributed by atoms with Crippen molar-refractivity contribution in [3.05, 3.63) is 96.7 Å². The van der Waals surface area contributed by atoms with Crippen molar-refractivity contribution in [3.63, 3.8) is 0 Å². The Balaban J connectivity index is 1.67. The number of aryl methyl sites for hydroxylation is 1.